The quantitative estimate of drug-likeness (QED) is 0.477. The van der Waals surface area contributed by atoms with Crippen LogP contribution in [0.25, 0.3) is 0 Å². The van der Waals surface area contributed by atoms with Crippen LogP contribution in [0.2, 0.25) is 5.02 Å². The van der Waals surface area contributed by atoms with E-state index in [1.807, 2.05) is 19.1 Å². The predicted octanol–water partition coefficient (Wildman–Crippen LogP) is 0.991. The summed E-state index contributed by atoms with van der Waals surface area (Å²) in [5, 5.41) is 0.604. The summed E-state index contributed by atoms with van der Waals surface area (Å²) < 4.78 is 0. The molecule has 2 rings (SSSR count). The lowest BCUT2D eigenvalue weighted by atomic mass is 10.1. The highest BCUT2D eigenvalue weighted by Crippen LogP contribution is 2.28. The van der Waals surface area contributed by atoms with Gasteiger partial charge in [0.2, 0.25) is 11.8 Å². The second-order valence-electron chi connectivity index (χ2n) is 4.35. The molecule has 18 heavy (non-hydrogen) atoms. The number of benzene rings is 1. The molecule has 1 aliphatic rings. The lowest BCUT2D eigenvalue weighted by Gasteiger charge is -2.17. The normalized spacial score (nSPS) is 19.2. The first kappa shape index (κ1) is 12.9. The molecule has 0 radical (unpaired) electrons. The van der Waals surface area contributed by atoms with Gasteiger partial charge >= 0.3 is 0 Å². The summed E-state index contributed by atoms with van der Waals surface area (Å²) >= 11 is 6.03. The third kappa shape index (κ3) is 2.32. The SMILES string of the molecule is Cc1ccc(N2CC(C(=O)NN)CC2=O)cc1Cl. The van der Waals surface area contributed by atoms with Crippen LogP contribution in [0.15, 0.2) is 18.2 Å². The van der Waals surface area contributed by atoms with E-state index in [4.69, 9.17) is 17.4 Å². The Bertz CT molecular complexity index is 504. The van der Waals surface area contributed by atoms with E-state index in [0.29, 0.717) is 17.3 Å². The first-order valence-corrected chi connectivity index (χ1v) is 5.97. The number of nitrogens with zero attached hydrogens (tertiary/aromatic N) is 1. The number of nitrogens with one attached hydrogen (secondary N) is 1. The van der Waals surface area contributed by atoms with Crippen molar-refractivity contribution in [1.82, 2.24) is 5.43 Å². The van der Waals surface area contributed by atoms with Gasteiger partial charge in [-0.1, -0.05) is 17.7 Å². The van der Waals surface area contributed by atoms with Crippen LogP contribution in [0, 0.1) is 12.8 Å². The second kappa shape index (κ2) is 4.96. The van der Waals surface area contributed by atoms with Crippen molar-refractivity contribution >= 4 is 29.1 Å². The van der Waals surface area contributed by atoms with E-state index in [9.17, 15) is 9.59 Å². The first-order chi connectivity index (χ1) is 8.52. The molecule has 1 unspecified atom stereocenters. The van der Waals surface area contributed by atoms with Gasteiger partial charge in [-0.3, -0.25) is 15.0 Å². The number of halogens is 1. The molecule has 3 N–H and O–H groups in total. The Labute approximate surface area is 110 Å². The molecule has 0 spiro atoms. The van der Waals surface area contributed by atoms with Crippen LogP contribution in [0.4, 0.5) is 5.69 Å². The average Bonchev–Trinajstić information content (AvgIpc) is 2.74. The summed E-state index contributed by atoms with van der Waals surface area (Å²) in [5.41, 5.74) is 3.73. The molecular formula is C12H14ClN3O2. The summed E-state index contributed by atoms with van der Waals surface area (Å²) in [5.74, 6) is 4.26. The van der Waals surface area contributed by atoms with Gasteiger partial charge in [0.15, 0.2) is 0 Å². The van der Waals surface area contributed by atoms with E-state index in [1.54, 1.807) is 11.0 Å². The summed E-state index contributed by atoms with van der Waals surface area (Å²) in [4.78, 5) is 24.8. The van der Waals surface area contributed by atoms with Crippen molar-refractivity contribution < 1.29 is 9.59 Å². The van der Waals surface area contributed by atoms with Crippen molar-refractivity contribution in [2.24, 2.45) is 11.8 Å². The Hall–Kier alpha value is -1.59. The summed E-state index contributed by atoms with van der Waals surface area (Å²) in [6.45, 7) is 2.23. The number of rotatable bonds is 2. The largest absolute Gasteiger partial charge is 0.312 e. The minimum Gasteiger partial charge on any atom is -0.312 e. The number of carbonyl (C=O) groups excluding carboxylic acids is 2. The van der Waals surface area contributed by atoms with E-state index < -0.39 is 5.92 Å². The van der Waals surface area contributed by atoms with Gasteiger partial charge in [0.25, 0.3) is 0 Å². The van der Waals surface area contributed by atoms with E-state index in [-0.39, 0.29) is 18.2 Å². The highest BCUT2D eigenvalue weighted by molar-refractivity contribution is 6.31. The topological polar surface area (TPSA) is 75.4 Å². The fourth-order valence-electron chi connectivity index (χ4n) is 2.00. The van der Waals surface area contributed by atoms with Gasteiger partial charge in [-0.15, -0.1) is 0 Å². The lowest BCUT2D eigenvalue weighted by molar-refractivity contribution is -0.126. The number of aryl methyl sites for hydroxylation is 1. The van der Waals surface area contributed by atoms with Crippen molar-refractivity contribution in [3.63, 3.8) is 0 Å². The number of nitrogens with two attached hydrogens (primary N) is 1. The van der Waals surface area contributed by atoms with Gasteiger partial charge in [0.05, 0.1) is 5.92 Å². The fraction of sp³-hybridized carbons (Fsp3) is 0.333. The minimum absolute atomic E-state index is 0.0940. The Balaban J connectivity index is 2.21. The lowest BCUT2D eigenvalue weighted by Crippen LogP contribution is -2.37. The van der Waals surface area contributed by atoms with Crippen LogP contribution in [0.3, 0.4) is 0 Å². The van der Waals surface area contributed by atoms with E-state index in [2.05, 4.69) is 5.43 Å². The van der Waals surface area contributed by atoms with Crippen LogP contribution in [0.5, 0.6) is 0 Å². The number of hydrogen-bond acceptors (Lipinski definition) is 3. The third-order valence-corrected chi connectivity index (χ3v) is 3.51. The van der Waals surface area contributed by atoms with Crippen LogP contribution in [0.1, 0.15) is 12.0 Å². The molecule has 1 aromatic carbocycles. The van der Waals surface area contributed by atoms with Crippen molar-refractivity contribution in [2.45, 2.75) is 13.3 Å². The van der Waals surface area contributed by atoms with Crippen LogP contribution < -0.4 is 16.2 Å². The van der Waals surface area contributed by atoms with Gasteiger partial charge in [-0.25, -0.2) is 5.84 Å². The molecule has 0 aliphatic carbocycles. The summed E-state index contributed by atoms with van der Waals surface area (Å²) in [6, 6.07) is 5.40. The smallest absolute Gasteiger partial charge is 0.239 e. The standard InChI is InChI=1S/C12H14ClN3O2/c1-7-2-3-9(5-10(7)13)16-6-8(4-11(16)17)12(18)15-14/h2-3,5,8H,4,6,14H2,1H3,(H,15,18). The molecule has 5 nitrogen and oxygen atoms in total. The van der Waals surface area contributed by atoms with Crippen LogP contribution in [-0.4, -0.2) is 18.4 Å². The average molecular weight is 268 g/mol. The molecule has 1 heterocycles. The zero-order valence-corrected chi connectivity index (χ0v) is 10.7. The van der Waals surface area contributed by atoms with Crippen LogP contribution >= 0.6 is 11.6 Å². The van der Waals surface area contributed by atoms with Crippen molar-refractivity contribution in [1.29, 1.82) is 0 Å². The number of carbonyl (C=O) groups is 2. The van der Waals surface area contributed by atoms with Gasteiger partial charge in [0, 0.05) is 23.7 Å². The van der Waals surface area contributed by atoms with Crippen molar-refractivity contribution in [2.75, 3.05) is 11.4 Å². The zero-order valence-electron chi connectivity index (χ0n) is 9.94. The molecule has 1 aliphatic heterocycles. The third-order valence-electron chi connectivity index (χ3n) is 3.11. The highest BCUT2D eigenvalue weighted by Gasteiger charge is 2.34. The van der Waals surface area contributed by atoms with Crippen molar-refractivity contribution in [3.05, 3.63) is 28.8 Å². The molecule has 0 aromatic heterocycles. The number of hydrazine groups is 1. The molecule has 1 atom stereocenters. The maximum atomic E-state index is 11.9. The van der Waals surface area contributed by atoms with Crippen LogP contribution in [-0.2, 0) is 9.59 Å². The Morgan fingerprint density at radius 1 is 1.56 bits per heavy atom. The minimum atomic E-state index is -0.400. The first-order valence-electron chi connectivity index (χ1n) is 5.60. The zero-order chi connectivity index (χ0) is 13.3. The Morgan fingerprint density at radius 3 is 2.89 bits per heavy atom. The molecule has 1 aromatic rings. The maximum Gasteiger partial charge on any atom is 0.239 e. The predicted molar refractivity (Wildman–Crippen MR) is 69.0 cm³/mol. The highest BCUT2D eigenvalue weighted by atomic mass is 35.5. The molecule has 0 saturated carbocycles. The molecule has 96 valence electrons. The fourth-order valence-corrected chi connectivity index (χ4v) is 2.18. The Kier molecular flexibility index (Phi) is 3.54. The summed E-state index contributed by atoms with van der Waals surface area (Å²) in [7, 11) is 0. The van der Waals surface area contributed by atoms with Crippen molar-refractivity contribution in [3.8, 4) is 0 Å². The molecular weight excluding hydrogens is 254 g/mol. The van der Waals surface area contributed by atoms with Gasteiger partial charge < -0.3 is 4.90 Å². The van der Waals surface area contributed by atoms with E-state index >= 15 is 0 Å². The Morgan fingerprint density at radius 2 is 2.28 bits per heavy atom. The number of amides is 2. The molecule has 2 amide bonds. The molecule has 0 bridgehead atoms. The molecule has 1 saturated heterocycles. The number of anilines is 1. The van der Waals surface area contributed by atoms with Gasteiger partial charge in [0.1, 0.15) is 0 Å². The maximum absolute atomic E-state index is 11.9. The van der Waals surface area contributed by atoms with E-state index in [1.165, 1.54) is 0 Å². The second-order valence-corrected chi connectivity index (χ2v) is 4.75. The van der Waals surface area contributed by atoms with E-state index in [0.717, 1.165) is 5.56 Å². The van der Waals surface area contributed by atoms with Gasteiger partial charge in [-0.2, -0.15) is 0 Å². The monoisotopic (exact) mass is 267 g/mol. The molecule has 1 fully saturated rings. The van der Waals surface area contributed by atoms with Gasteiger partial charge in [-0.05, 0) is 24.6 Å². The summed E-state index contributed by atoms with van der Waals surface area (Å²) in [6.07, 6.45) is 0.175. The molecule has 6 heteroatoms. The number of hydrogen-bond donors (Lipinski definition) is 2.